The first-order valence-electron chi connectivity index (χ1n) is 11.5. The van der Waals surface area contributed by atoms with Crippen molar-refractivity contribution in [2.24, 2.45) is 0 Å². The van der Waals surface area contributed by atoms with Gasteiger partial charge in [-0.2, -0.15) is 0 Å². The Morgan fingerprint density at radius 1 is 1.13 bits per heavy atom. The number of hydrogen-bond donors (Lipinski definition) is 0. The molecule has 1 atom stereocenters. The van der Waals surface area contributed by atoms with E-state index in [1.807, 2.05) is 36.0 Å². The second-order valence-corrected chi connectivity index (χ2v) is 9.55. The predicted octanol–water partition coefficient (Wildman–Crippen LogP) is 2.52. The Hall–Kier alpha value is -2.54. The average molecular weight is 421 g/mol. The van der Waals surface area contributed by atoms with E-state index in [1.54, 1.807) is 12.4 Å². The summed E-state index contributed by atoms with van der Waals surface area (Å²) < 4.78 is 0. The van der Waals surface area contributed by atoms with Gasteiger partial charge in [0.15, 0.2) is 0 Å². The van der Waals surface area contributed by atoms with Gasteiger partial charge in [0.25, 0.3) is 5.91 Å². The Morgan fingerprint density at radius 3 is 2.65 bits per heavy atom. The van der Waals surface area contributed by atoms with E-state index in [2.05, 4.69) is 21.1 Å². The van der Waals surface area contributed by atoms with E-state index in [-0.39, 0.29) is 11.3 Å². The molecule has 1 spiro atoms. The molecule has 164 valence electrons. The summed E-state index contributed by atoms with van der Waals surface area (Å²) in [5, 5.41) is 0. The molecule has 2 aromatic heterocycles. The van der Waals surface area contributed by atoms with Gasteiger partial charge in [-0.25, -0.2) is 9.97 Å². The molecule has 0 saturated carbocycles. The maximum atomic E-state index is 12.8. The molecule has 31 heavy (non-hydrogen) atoms. The number of amides is 1. The van der Waals surface area contributed by atoms with Crippen LogP contribution in [0.25, 0.3) is 0 Å². The molecule has 1 amide bonds. The minimum atomic E-state index is 0.133. The number of likely N-dealkylation sites (tertiary alicyclic amines) is 2. The van der Waals surface area contributed by atoms with Crippen LogP contribution < -0.4 is 4.90 Å². The summed E-state index contributed by atoms with van der Waals surface area (Å²) in [6.45, 7) is 3.91. The first kappa shape index (κ1) is 20.4. The summed E-state index contributed by atoms with van der Waals surface area (Å²) in [6.07, 6.45) is 12.2. The van der Waals surface area contributed by atoms with Crippen molar-refractivity contribution in [2.75, 3.05) is 45.2 Å². The molecule has 1 unspecified atom stereocenters. The van der Waals surface area contributed by atoms with Crippen LogP contribution in [0.4, 0.5) is 5.95 Å². The lowest BCUT2D eigenvalue weighted by Crippen LogP contribution is -2.53. The maximum Gasteiger partial charge on any atom is 0.253 e. The number of carbonyl (C=O) groups is 1. The van der Waals surface area contributed by atoms with E-state index in [0.29, 0.717) is 6.04 Å². The van der Waals surface area contributed by atoms with E-state index < -0.39 is 0 Å². The number of aryl methyl sites for hydroxylation is 1. The lowest BCUT2D eigenvalue weighted by Gasteiger charge is -2.46. The van der Waals surface area contributed by atoms with Crippen molar-refractivity contribution < 1.29 is 4.79 Å². The largest absolute Gasteiger partial charge is 0.347 e. The van der Waals surface area contributed by atoms with Crippen molar-refractivity contribution in [3.05, 3.63) is 47.5 Å². The fourth-order valence-corrected chi connectivity index (χ4v) is 5.74. The van der Waals surface area contributed by atoms with E-state index in [9.17, 15) is 4.79 Å². The molecule has 5 rings (SSSR count). The van der Waals surface area contributed by atoms with Crippen molar-refractivity contribution in [1.82, 2.24) is 24.8 Å². The van der Waals surface area contributed by atoms with Gasteiger partial charge >= 0.3 is 0 Å². The summed E-state index contributed by atoms with van der Waals surface area (Å²) in [4.78, 5) is 33.1. The van der Waals surface area contributed by atoms with Crippen LogP contribution in [-0.4, -0.2) is 77.0 Å². The smallest absolute Gasteiger partial charge is 0.253 e. The summed E-state index contributed by atoms with van der Waals surface area (Å²) >= 11 is 0. The molecular formula is C24H32N6O. The summed E-state index contributed by atoms with van der Waals surface area (Å²) in [7, 11) is 4.02. The number of fused-ring (bicyclic) bond motifs is 2. The topological polar surface area (TPSA) is 65.5 Å². The molecule has 2 fully saturated rings. The van der Waals surface area contributed by atoms with Crippen LogP contribution in [0, 0.1) is 0 Å². The third kappa shape index (κ3) is 3.80. The second kappa shape index (κ2) is 8.19. The number of anilines is 1. The summed E-state index contributed by atoms with van der Waals surface area (Å²) in [6, 6.07) is 4.17. The lowest BCUT2D eigenvalue weighted by atomic mass is 9.76. The molecule has 0 bridgehead atoms. The first-order chi connectivity index (χ1) is 15.1. The molecule has 0 N–H and O–H groups in total. The number of carbonyl (C=O) groups excluding carboxylic acids is 1. The molecule has 4 heterocycles. The zero-order valence-electron chi connectivity index (χ0n) is 18.6. The highest BCUT2D eigenvalue weighted by Gasteiger charge is 2.45. The Morgan fingerprint density at radius 2 is 1.90 bits per heavy atom. The van der Waals surface area contributed by atoms with Crippen LogP contribution in [0.5, 0.6) is 0 Å². The SMILES string of the molecule is CN(C)c1ncc2c(n1)C1(CCCN(C3CCN(C(=O)c4ccncc4)CC3)C1)CC2. The van der Waals surface area contributed by atoms with Gasteiger partial charge in [0.05, 0.1) is 5.69 Å². The monoisotopic (exact) mass is 420 g/mol. The Balaban J connectivity index is 1.27. The highest BCUT2D eigenvalue weighted by atomic mass is 16.2. The van der Waals surface area contributed by atoms with Crippen molar-refractivity contribution >= 4 is 11.9 Å². The molecule has 0 aromatic carbocycles. The zero-order valence-corrected chi connectivity index (χ0v) is 18.6. The Bertz CT molecular complexity index is 936. The first-order valence-corrected chi connectivity index (χ1v) is 11.5. The molecule has 0 radical (unpaired) electrons. The number of nitrogens with zero attached hydrogens (tertiary/aromatic N) is 6. The third-order valence-electron chi connectivity index (χ3n) is 7.43. The highest BCUT2D eigenvalue weighted by molar-refractivity contribution is 5.94. The maximum absolute atomic E-state index is 12.8. The third-order valence-corrected chi connectivity index (χ3v) is 7.43. The van der Waals surface area contributed by atoms with Crippen LogP contribution in [0.2, 0.25) is 0 Å². The number of rotatable bonds is 3. The van der Waals surface area contributed by atoms with E-state index in [0.717, 1.165) is 57.0 Å². The molecular weight excluding hydrogens is 388 g/mol. The van der Waals surface area contributed by atoms with Crippen LogP contribution in [-0.2, 0) is 11.8 Å². The number of piperidine rings is 2. The van der Waals surface area contributed by atoms with Gasteiger partial charge in [-0.05, 0) is 62.8 Å². The molecule has 7 nitrogen and oxygen atoms in total. The van der Waals surface area contributed by atoms with Gasteiger partial charge < -0.3 is 9.80 Å². The van der Waals surface area contributed by atoms with Crippen LogP contribution in [0.1, 0.15) is 53.7 Å². The fourth-order valence-electron chi connectivity index (χ4n) is 5.74. The molecule has 2 saturated heterocycles. The number of aromatic nitrogens is 3. The van der Waals surface area contributed by atoms with Gasteiger partial charge in [0.2, 0.25) is 5.95 Å². The van der Waals surface area contributed by atoms with E-state index in [4.69, 9.17) is 4.98 Å². The van der Waals surface area contributed by atoms with Gasteiger partial charge in [-0.3, -0.25) is 14.7 Å². The minimum absolute atomic E-state index is 0.133. The average Bonchev–Trinajstić information content (AvgIpc) is 3.16. The summed E-state index contributed by atoms with van der Waals surface area (Å²) in [5.74, 6) is 0.952. The van der Waals surface area contributed by atoms with Gasteiger partial charge in [-0.15, -0.1) is 0 Å². The lowest BCUT2D eigenvalue weighted by molar-refractivity contribution is 0.0469. The molecule has 2 aliphatic heterocycles. The van der Waals surface area contributed by atoms with Gasteiger partial charge in [-0.1, -0.05) is 0 Å². The van der Waals surface area contributed by atoms with Gasteiger partial charge in [0, 0.05) is 69.3 Å². The predicted molar refractivity (Wildman–Crippen MR) is 120 cm³/mol. The minimum Gasteiger partial charge on any atom is -0.347 e. The van der Waals surface area contributed by atoms with Gasteiger partial charge in [0.1, 0.15) is 0 Å². The van der Waals surface area contributed by atoms with Crippen LogP contribution >= 0.6 is 0 Å². The van der Waals surface area contributed by atoms with E-state index in [1.165, 1.54) is 30.5 Å². The van der Waals surface area contributed by atoms with Crippen molar-refractivity contribution in [2.45, 2.75) is 50.0 Å². The Kier molecular flexibility index (Phi) is 5.38. The summed E-state index contributed by atoms with van der Waals surface area (Å²) in [5.41, 5.74) is 3.54. The van der Waals surface area contributed by atoms with Crippen molar-refractivity contribution in [3.8, 4) is 0 Å². The fraction of sp³-hybridized carbons (Fsp3) is 0.583. The zero-order chi connectivity index (χ0) is 21.4. The number of hydrogen-bond acceptors (Lipinski definition) is 6. The molecule has 3 aliphatic rings. The quantitative estimate of drug-likeness (QED) is 0.760. The molecule has 1 aliphatic carbocycles. The van der Waals surface area contributed by atoms with E-state index >= 15 is 0 Å². The Labute approximate surface area is 184 Å². The van der Waals surface area contributed by atoms with Crippen molar-refractivity contribution in [1.29, 1.82) is 0 Å². The van der Waals surface area contributed by atoms with Crippen LogP contribution in [0.15, 0.2) is 30.7 Å². The number of pyridine rings is 1. The van der Waals surface area contributed by atoms with Crippen molar-refractivity contribution in [3.63, 3.8) is 0 Å². The van der Waals surface area contributed by atoms with Crippen LogP contribution in [0.3, 0.4) is 0 Å². The standard InChI is InChI=1S/C24H32N6O/c1-28(2)23-26-16-19-4-10-24(21(19)27-23)9-3-13-30(17-24)20-7-14-29(15-8-20)22(31)18-5-11-25-12-6-18/h5-6,11-12,16,20H,3-4,7-10,13-15,17H2,1-2H3. The highest BCUT2D eigenvalue weighted by Crippen LogP contribution is 2.45. The molecule has 2 aromatic rings. The normalized spacial score (nSPS) is 24.4. The second-order valence-electron chi connectivity index (χ2n) is 9.55. The molecule has 7 heteroatoms.